The van der Waals surface area contributed by atoms with Crippen molar-refractivity contribution in [2.45, 2.75) is 41.5 Å². The van der Waals surface area contributed by atoms with E-state index in [1.54, 1.807) is 195 Å². The van der Waals surface area contributed by atoms with Gasteiger partial charge in [0.2, 0.25) is 0 Å². The number of carbonyl (C=O) groups is 7. The van der Waals surface area contributed by atoms with Crippen molar-refractivity contribution in [3.8, 4) is 6.07 Å². The van der Waals surface area contributed by atoms with E-state index in [9.17, 15) is 33.6 Å². The molecule has 10 aromatic carbocycles. The summed E-state index contributed by atoms with van der Waals surface area (Å²) in [5.41, 5.74) is 10.9. The van der Waals surface area contributed by atoms with E-state index in [1.165, 1.54) is 18.7 Å². The van der Waals surface area contributed by atoms with Gasteiger partial charge >= 0.3 is 29.8 Å². The Hall–Kier alpha value is -13.3. The highest BCUT2D eigenvalue weighted by atomic mass is 16.7. The second kappa shape index (κ2) is 39.9. The molecule has 97 heavy (non-hydrogen) atoms. The van der Waals surface area contributed by atoms with Crippen molar-refractivity contribution in [1.82, 2.24) is 0 Å². The summed E-state index contributed by atoms with van der Waals surface area (Å²) < 4.78 is 0. The minimum absolute atomic E-state index is 0.0601. The smallest absolute Gasteiger partial charge is 0.313 e. The highest BCUT2D eigenvalue weighted by Crippen LogP contribution is 2.18. The number of nitriles is 1. The summed E-state index contributed by atoms with van der Waals surface area (Å²) in [6.45, 7) is 11.1. The van der Waals surface area contributed by atoms with Crippen LogP contribution in [0.25, 0.3) is 0 Å². The number of aryl methyl sites for hydroxylation is 3. The molecule has 0 radical (unpaired) electrons. The molecule has 0 atom stereocenters. The Bertz CT molecular complexity index is 4390. The van der Waals surface area contributed by atoms with Gasteiger partial charge in [-0.3, -0.25) is 9.59 Å². The lowest BCUT2D eigenvalue weighted by molar-refractivity contribution is -0.138. The van der Waals surface area contributed by atoms with Crippen molar-refractivity contribution in [3.63, 3.8) is 0 Å². The van der Waals surface area contributed by atoms with E-state index < -0.39 is 35.6 Å². The van der Waals surface area contributed by atoms with Crippen LogP contribution in [0.5, 0.6) is 0 Å². The van der Waals surface area contributed by atoms with Gasteiger partial charge in [0.15, 0.2) is 17.2 Å². The first-order valence-electron chi connectivity index (χ1n) is 29.9. The maximum Gasteiger partial charge on any atom is 0.405 e. The van der Waals surface area contributed by atoms with Crippen LogP contribution in [0.3, 0.4) is 0 Å². The quantitative estimate of drug-likeness (QED) is 0.0271. The van der Waals surface area contributed by atoms with Crippen LogP contribution in [0.2, 0.25) is 0 Å². The predicted octanol–water partition coefficient (Wildman–Crippen LogP) is 15.5. The van der Waals surface area contributed by atoms with Crippen LogP contribution in [0.4, 0.5) is 0 Å². The lowest BCUT2D eigenvalue weighted by atomic mass is 9.97. The molecule has 0 bridgehead atoms. The van der Waals surface area contributed by atoms with E-state index >= 15 is 0 Å². The molecule has 484 valence electrons. The first-order valence-corrected chi connectivity index (χ1v) is 29.9. The average molecular weight is 1290 g/mol. The van der Waals surface area contributed by atoms with Crippen molar-refractivity contribution in [2.24, 2.45) is 25.8 Å². The number of benzene rings is 10. The number of oxime groups is 5. The number of hydrogen-bond acceptors (Lipinski definition) is 18. The highest BCUT2D eigenvalue weighted by molar-refractivity contribution is 6.45. The normalized spacial score (nSPS) is 10.9. The third-order valence-electron chi connectivity index (χ3n) is 13.1. The summed E-state index contributed by atoms with van der Waals surface area (Å²) in [6.07, 6.45) is 1.50. The maximum atomic E-state index is 11.9. The summed E-state index contributed by atoms with van der Waals surface area (Å²) in [4.78, 5) is 106. The van der Waals surface area contributed by atoms with Gasteiger partial charge in [-0.25, -0.2) is 24.0 Å². The van der Waals surface area contributed by atoms with E-state index in [0.29, 0.717) is 44.8 Å². The SMILES string of the molecule is C/C(=N\OC(=O)C(=O)c1ccccc1)c1ccccc1.C/C(=N\OC(=O)c1ccccc1)c1c(C)cc(C)cc1C.CC(=O)/C(=N\OC(=O)c1ccccc1)c1ccccc1.N#C/C(=N\OC(=O)c1ccccc1)c1ccccc1.O=C(O/N=C/c1ccccc1)c1ccccc1. The fraction of sp³-hybridized carbons (Fsp3) is 0.0759. The Kier molecular flexibility index (Phi) is 29.9. The summed E-state index contributed by atoms with van der Waals surface area (Å²) >= 11 is 0. The maximum absolute atomic E-state index is 11.9. The fourth-order valence-electron chi connectivity index (χ4n) is 8.50. The summed E-state index contributed by atoms with van der Waals surface area (Å²) in [6, 6.07) is 85.3. The molecular weight excluding hydrogens is 1220 g/mol. The first kappa shape index (κ1) is 72.8. The molecule has 10 rings (SSSR count). The molecule has 0 N–H and O–H groups in total. The van der Waals surface area contributed by atoms with Crippen LogP contribution >= 0.6 is 0 Å². The number of ketones is 2. The number of Topliss-reactive ketones (excluding diaryl/α,β-unsaturated/α-hetero) is 2. The van der Waals surface area contributed by atoms with Gasteiger partial charge in [-0.05, 0) is 105 Å². The lowest BCUT2D eigenvalue weighted by Gasteiger charge is -2.10. The van der Waals surface area contributed by atoms with Crippen molar-refractivity contribution >= 4 is 70.5 Å². The van der Waals surface area contributed by atoms with Crippen LogP contribution in [-0.4, -0.2) is 70.5 Å². The molecule has 0 unspecified atom stereocenters. The summed E-state index contributed by atoms with van der Waals surface area (Å²) in [5.74, 6) is -4.07. The highest BCUT2D eigenvalue weighted by Gasteiger charge is 2.19. The van der Waals surface area contributed by atoms with Gasteiger partial charge in [-0.15, -0.1) is 0 Å². The molecule has 10 aromatic rings. The number of rotatable bonds is 17. The molecule has 0 fully saturated rings. The number of carbonyl (C=O) groups excluding carboxylic acids is 7. The summed E-state index contributed by atoms with van der Waals surface area (Å²) in [5, 5.41) is 27.6. The van der Waals surface area contributed by atoms with E-state index in [-0.39, 0.29) is 22.8 Å². The zero-order valence-electron chi connectivity index (χ0n) is 53.8. The van der Waals surface area contributed by atoms with Crippen LogP contribution < -0.4 is 0 Å². The van der Waals surface area contributed by atoms with Crippen LogP contribution in [-0.2, 0) is 33.8 Å². The molecule has 0 aromatic heterocycles. The number of hydrogen-bond donors (Lipinski definition) is 0. The second-order valence-corrected chi connectivity index (χ2v) is 20.5. The molecule has 18 nitrogen and oxygen atoms in total. The fourth-order valence-corrected chi connectivity index (χ4v) is 8.50. The molecule has 18 heteroatoms. The molecular formula is C79H66N6O12. The zero-order valence-corrected chi connectivity index (χ0v) is 53.8. The van der Waals surface area contributed by atoms with E-state index in [1.807, 2.05) is 112 Å². The molecule has 0 saturated carbocycles. The third kappa shape index (κ3) is 25.0. The van der Waals surface area contributed by atoms with Gasteiger partial charge in [0.05, 0.1) is 39.9 Å². The lowest BCUT2D eigenvalue weighted by Crippen LogP contribution is -2.16. The Morgan fingerprint density at radius 3 is 1.06 bits per heavy atom. The number of nitrogens with zero attached hydrogens (tertiary/aromatic N) is 6. The molecule has 0 heterocycles. The van der Waals surface area contributed by atoms with Gasteiger partial charge < -0.3 is 24.2 Å². The van der Waals surface area contributed by atoms with E-state index in [4.69, 9.17) is 24.6 Å². The summed E-state index contributed by atoms with van der Waals surface area (Å²) in [7, 11) is 0. The Balaban J connectivity index is 0.000000192. The molecule has 0 aliphatic carbocycles. The third-order valence-corrected chi connectivity index (χ3v) is 13.1. The molecule has 0 amide bonds. The Morgan fingerprint density at radius 2 is 0.670 bits per heavy atom. The monoisotopic (exact) mass is 1290 g/mol. The predicted molar refractivity (Wildman–Crippen MR) is 372 cm³/mol. The van der Waals surface area contributed by atoms with E-state index in [0.717, 1.165) is 27.8 Å². The van der Waals surface area contributed by atoms with Crippen LogP contribution in [0.1, 0.15) is 117 Å². The first-order chi connectivity index (χ1) is 47.0. The van der Waals surface area contributed by atoms with Crippen molar-refractivity contribution in [2.75, 3.05) is 0 Å². The van der Waals surface area contributed by atoms with Crippen LogP contribution in [0.15, 0.2) is 311 Å². The van der Waals surface area contributed by atoms with Gasteiger partial charge in [0, 0.05) is 29.2 Å². The van der Waals surface area contributed by atoms with Crippen molar-refractivity contribution < 1.29 is 57.7 Å². The second-order valence-electron chi connectivity index (χ2n) is 20.5. The standard InChI is InChI=1S/C18H19NO2.2C16H13NO3.C15H10N2O2.C14H11NO2/c1-12-10-13(2)17(14(3)11-12)15(4)19-21-18(20)16-8-6-5-7-9-16;1-12(18)15(13-8-4-2-5-9-13)17-20-16(19)14-10-6-3-7-11-14;1-12(13-8-4-2-5-9-13)17-20-16(19)15(18)14-10-6-3-7-11-14;16-11-14(12-7-3-1-4-8-12)17-19-15(18)13-9-5-2-6-10-13;16-14(13-9-5-2-6-10-13)17-15-11-12-7-3-1-4-8-12/h5-11H,1-4H3;2*2-11H,1H3;1-10H;1-11H/b19-15+;17-15+;17-12+;17-14+;15-11+. The Labute approximate surface area is 561 Å². The minimum atomic E-state index is -0.994. The van der Waals surface area contributed by atoms with Gasteiger partial charge in [0.25, 0.3) is 5.78 Å². The molecule has 0 saturated heterocycles. The molecule has 0 spiro atoms. The molecule has 0 aliphatic heterocycles. The largest absolute Gasteiger partial charge is 0.405 e. The average Bonchev–Trinajstić information content (AvgIpc) is 0.911. The van der Waals surface area contributed by atoms with Gasteiger partial charge in [-0.1, -0.05) is 268 Å². The van der Waals surface area contributed by atoms with Gasteiger partial charge in [-0.2, -0.15) is 5.26 Å². The zero-order chi connectivity index (χ0) is 69.6. The van der Waals surface area contributed by atoms with Gasteiger partial charge in [0.1, 0.15) is 6.07 Å². The van der Waals surface area contributed by atoms with Crippen LogP contribution in [0, 0.1) is 32.1 Å². The minimum Gasteiger partial charge on any atom is -0.313 e. The molecule has 0 aliphatic rings. The topological polar surface area (TPSA) is 251 Å². The van der Waals surface area contributed by atoms with Crippen molar-refractivity contribution in [1.29, 1.82) is 5.26 Å². The van der Waals surface area contributed by atoms with E-state index in [2.05, 4.69) is 49.7 Å². The Morgan fingerprint density at radius 1 is 0.351 bits per heavy atom. The van der Waals surface area contributed by atoms with Crippen molar-refractivity contribution in [3.05, 3.63) is 357 Å².